The number of hydrogen-bond donors (Lipinski definition) is 4. The van der Waals surface area contributed by atoms with Gasteiger partial charge in [0.2, 0.25) is 5.75 Å². The van der Waals surface area contributed by atoms with E-state index in [2.05, 4.69) is 0 Å². The van der Waals surface area contributed by atoms with E-state index in [1.165, 1.54) is 6.08 Å². The molecule has 8 heteroatoms. The molecule has 5 N–H and O–H groups in total. The van der Waals surface area contributed by atoms with Crippen molar-refractivity contribution in [3.05, 3.63) is 23.8 Å². The van der Waals surface area contributed by atoms with Crippen molar-refractivity contribution in [1.82, 2.24) is 0 Å². The van der Waals surface area contributed by atoms with E-state index in [0.717, 1.165) is 6.08 Å². The molecule has 122 valence electrons. The molecule has 0 amide bonds. The van der Waals surface area contributed by atoms with E-state index in [0.29, 0.717) is 5.56 Å². The highest BCUT2D eigenvalue weighted by molar-refractivity contribution is 5.86. The first-order valence-corrected chi connectivity index (χ1v) is 6.52. The quantitative estimate of drug-likeness (QED) is 0.345. The Balaban J connectivity index is 3.27. The number of aliphatic carboxylic acids is 1. The number of aliphatic hydroxyl groups excluding tert-OH is 2. The molecule has 0 heterocycles. The first-order chi connectivity index (χ1) is 10.6. The van der Waals surface area contributed by atoms with Crippen LogP contribution in [0.1, 0.15) is 5.56 Å². The Bertz CT molecular complexity index is 516. The van der Waals surface area contributed by atoms with Crippen molar-refractivity contribution in [2.75, 3.05) is 33.2 Å². The van der Waals surface area contributed by atoms with Crippen molar-refractivity contribution >= 4 is 12.0 Å². The Kier molecular flexibility index (Phi) is 7.76. The van der Waals surface area contributed by atoms with Gasteiger partial charge in [0, 0.05) is 11.6 Å². The third-order valence-corrected chi connectivity index (χ3v) is 2.43. The van der Waals surface area contributed by atoms with Crippen LogP contribution in [0.5, 0.6) is 17.2 Å². The summed E-state index contributed by atoms with van der Waals surface area (Å²) in [7, 11) is 0. The van der Waals surface area contributed by atoms with Crippen molar-refractivity contribution < 1.29 is 34.3 Å². The average molecular weight is 313 g/mol. The van der Waals surface area contributed by atoms with Crippen molar-refractivity contribution in [2.45, 2.75) is 0 Å². The van der Waals surface area contributed by atoms with Gasteiger partial charge in [-0.05, 0) is 18.2 Å². The molecule has 0 saturated carbocycles. The number of carboxylic acid groups (broad SMARTS) is 1. The van der Waals surface area contributed by atoms with Crippen molar-refractivity contribution in [3.8, 4) is 17.2 Å². The lowest BCUT2D eigenvalue weighted by Crippen LogP contribution is -2.12. The van der Waals surface area contributed by atoms with Crippen LogP contribution in [-0.2, 0) is 4.79 Å². The highest BCUT2D eigenvalue weighted by Gasteiger charge is 2.17. The number of rotatable bonds is 10. The van der Waals surface area contributed by atoms with E-state index in [9.17, 15) is 4.79 Å². The van der Waals surface area contributed by atoms with Crippen LogP contribution in [0.3, 0.4) is 0 Å². The number of ether oxygens (including phenoxy) is 3. The zero-order valence-corrected chi connectivity index (χ0v) is 11.9. The Morgan fingerprint density at radius 3 is 2.27 bits per heavy atom. The van der Waals surface area contributed by atoms with E-state index in [4.69, 9.17) is 35.3 Å². The van der Waals surface area contributed by atoms with E-state index in [1.54, 1.807) is 12.1 Å². The van der Waals surface area contributed by atoms with Crippen LogP contribution in [0.4, 0.5) is 0 Å². The van der Waals surface area contributed by atoms with E-state index < -0.39 is 5.97 Å². The highest BCUT2D eigenvalue weighted by Crippen LogP contribution is 2.41. The van der Waals surface area contributed by atoms with Gasteiger partial charge in [-0.2, -0.15) is 0 Å². The number of carbonyl (C=O) groups is 1. The molecule has 1 aromatic carbocycles. The van der Waals surface area contributed by atoms with E-state index in [-0.39, 0.29) is 50.4 Å². The van der Waals surface area contributed by atoms with Gasteiger partial charge in [0.25, 0.3) is 0 Å². The molecule has 0 spiro atoms. The second-order valence-corrected chi connectivity index (χ2v) is 3.94. The van der Waals surface area contributed by atoms with Gasteiger partial charge in [-0.25, -0.2) is 4.79 Å². The predicted octanol–water partition coefficient (Wildman–Crippen LogP) is -0.178. The smallest absolute Gasteiger partial charge is 0.328 e. The first-order valence-electron chi connectivity index (χ1n) is 6.52. The lowest BCUT2D eigenvalue weighted by atomic mass is 10.1. The SMILES string of the molecule is NCOc1ccc(C=CC(=O)O)c(OCCO)c1OCCO. The maximum Gasteiger partial charge on any atom is 0.328 e. The van der Waals surface area contributed by atoms with Crippen molar-refractivity contribution in [1.29, 1.82) is 0 Å². The van der Waals surface area contributed by atoms with Crippen LogP contribution in [0, 0.1) is 0 Å². The standard InChI is InChI=1S/C14H19NO7/c15-9-22-11-3-1-10(2-4-12(18)19)13(20-7-5-16)14(11)21-8-6-17/h1-4,16-17H,5-9,15H2,(H,18,19). The molecule has 22 heavy (non-hydrogen) atoms. The summed E-state index contributed by atoms with van der Waals surface area (Å²) >= 11 is 0. The summed E-state index contributed by atoms with van der Waals surface area (Å²) in [4.78, 5) is 10.7. The minimum Gasteiger partial charge on any atom is -0.487 e. The van der Waals surface area contributed by atoms with Crippen molar-refractivity contribution in [2.24, 2.45) is 5.73 Å². The molecular weight excluding hydrogens is 294 g/mol. The molecule has 0 aliphatic carbocycles. The van der Waals surface area contributed by atoms with Crippen LogP contribution in [-0.4, -0.2) is 54.4 Å². The Hall–Kier alpha value is -2.29. The summed E-state index contributed by atoms with van der Waals surface area (Å²) < 4.78 is 16.0. The molecule has 1 aromatic rings. The van der Waals surface area contributed by atoms with Crippen LogP contribution in [0.2, 0.25) is 0 Å². The van der Waals surface area contributed by atoms with Gasteiger partial charge in [-0.3, -0.25) is 5.73 Å². The van der Waals surface area contributed by atoms with Crippen LogP contribution < -0.4 is 19.9 Å². The summed E-state index contributed by atoms with van der Waals surface area (Å²) in [6.07, 6.45) is 2.27. The number of benzene rings is 1. The summed E-state index contributed by atoms with van der Waals surface area (Å²) in [6.45, 7) is -0.586. The van der Waals surface area contributed by atoms with Crippen molar-refractivity contribution in [3.63, 3.8) is 0 Å². The van der Waals surface area contributed by atoms with Gasteiger partial charge in [0.15, 0.2) is 11.5 Å². The summed E-state index contributed by atoms with van der Waals surface area (Å²) in [5, 5.41) is 26.5. The molecule has 8 nitrogen and oxygen atoms in total. The van der Waals surface area contributed by atoms with Gasteiger partial charge >= 0.3 is 5.97 Å². The first kappa shape index (κ1) is 17.8. The molecule has 0 aliphatic rings. The number of aliphatic hydroxyl groups is 2. The predicted molar refractivity (Wildman–Crippen MR) is 78.0 cm³/mol. The molecule has 1 rings (SSSR count). The number of hydrogen-bond acceptors (Lipinski definition) is 7. The fraction of sp³-hybridized carbons (Fsp3) is 0.357. The third kappa shape index (κ3) is 5.24. The summed E-state index contributed by atoms with van der Waals surface area (Å²) in [5.41, 5.74) is 5.77. The van der Waals surface area contributed by atoms with Gasteiger partial charge < -0.3 is 29.5 Å². The molecule has 0 saturated heterocycles. The van der Waals surface area contributed by atoms with Crippen LogP contribution in [0.15, 0.2) is 18.2 Å². The fourth-order valence-electron chi connectivity index (χ4n) is 1.64. The van der Waals surface area contributed by atoms with Crippen LogP contribution in [0.25, 0.3) is 6.08 Å². The number of carboxylic acids is 1. The number of nitrogens with two attached hydrogens (primary N) is 1. The van der Waals surface area contributed by atoms with Gasteiger partial charge in [0.05, 0.1) is 13.2 Å². The molecular formula is C14H19NO7. The lowest BCUT2D eigenvalue weighted by Gasteiger charge is -2.17. The second-order valence-electron chi connectivity index (χ2n) is 3.94. The Labute approximate surface area is 127 Å². The lowest BCUT2D eigenvalue weighted by molar-refractivity contribution is -0.131. The largest absolute Gasteiger partial charge is 0.487 e. The molecule has 0 radical (unpaired) electrons. The monoisotopic (exact) mass is 313 g/mol. The van der Waals surface area contributed by atoms with Crippen LogP contribution >= 0.6 is 0 Å². The zero-order chi connectivity index (χ0) is 16.4. The normalized spacial score (nSPS) is 10.7. The molecule has 0 aromatic heterocycles. The molecule has 0 fully saturated rings. The average Bonchev–Trinajstić information content (AvgIpc) is 2.50. The third-order valence-electron chi connectivity index (χ3n) is 2.43. The summed E-state index contributed by atoms with van der Waals surface area (Å²) in [6, 6.07) is 3.12. The fourth-order valence-corrected chi connectivity index (χ4v) is 1.64. The maximum atomic E-state index is 10.7. The minimum absolute atomic E-state index is 0.0114. The summed E-state index contributed by atoms with van der Waals surface area (Å²) in [5.74, 6) is -0.448. The molecule has 0 aliphatic heterocycles. The maximum absolute atomic E-state index is 10.7. The minimum atomic E-state index is -1.12. The molecule has 0 bridgehead atoms. The zero-order valence-electron chi connectivity index (χ0n) is 11.9. The van der Waals surface area contributed by atoms with Gasteiger partial charge in [-0.15, -0.1) is 0 Å². The highest BCUT2D eigenvalue weighted by atomic mass is 16.5. The Morgan fingerprint density at radius 2 is 1.73 bits per heavy atom. The van der Waals surface area contributed by atoms with E-state index >= 15 is 0 Å². The molecule has 0 atom stereocenters. The topological polar surface area (TPSA) is 131 Å². The van der Waals surface area contributed by atoms with E-state index in [1.807, 2.05) is 0 Å². The van der Waals surface area contributed by atoms with Gasteiger partial charge in [-0.1, -0.05) is 0 Å². The second kappa shape index (κ2) is 9.61. The van der Waals surface area contributed by atoms with Gasteiger partial charge in [0.1, 0.15) is 19.9 Å². The Morgan fingerprint density at radius 1 is 1.09 bits per heavy atom. The molecule has 0 unspecified atom stereocenters.